The highest BCUT2D eigenvalue weighted by molar-refractivity contribution is 7.98. The number of halogens is 1. The van der Waals surface area contributed by atoms with E-state index in [2.05, 4.69) is 31.5 Å². The molecule has 4 rings (SSSR count). The van der Waals surface area contributed by atoms with Gasteiger partial charge in [-0.3, -0.25) is 19.2 Å². The first-order valence-corrected chi connectivity index (χ1v) is 23.9. The Balaban J connectivity index is 1.44. The molecule has 0 saturated carbocycles. The first-order chi connectivity index (χ1) is 33.4. The van der Waals surface area contributed by atoms with Crippen LogP contribution in [0.4, 0.5) is 16.3 Å². The summed E-state index contributed by atoms with van der Waals surface area (Å²) in [6.45, 7) is 20.2. The van der Waals surface area contributed by atoms with Crippen molar-refractivity contribution in [3.8, 4) is 34.4 Å². The van der Waals surface area contributed by atoms with Gasteiger partial charge in [0.25, 0.3) is 0 Å². The summed E-state index contributed by atoms with van der Waals surface area (Å²) in [5, 5.41) is 16.2. The molecule has 0 bridgehead atoms. The van der Waals surface area contributed by atoms with E-state index in [1.54, 1.807) is 90.1 Å². The summed E-state index contributed by atoms with van der Waals surface area (Å²) in [6, 6.07) is 14.3. The van der Waals surface area contributed by atoms with E-state index in [1.165, 1.54) is 31.9 Å². The number of hydrogen-bond donors (Lipinski definition) is 3. The summed E-state index contributed by atoms with van der Waals surface area (Å²) in [5.74, 6) is -2.98. The van der Waals surface area contributed by atoms with Gasteiger partial charge in [0, 0.05) is 54.1 Å². The van der Waals surface area contributed by atoms with Crippen LogP contribution in [0.25, 0.3) is 27.4 Å². The van der Waals surface area contributed by atoms with Gasteiger partial charge in [0.1, 0.15) is 65.2 Å². The molecule has 0 unspecified atom stereocenters. The smallest absolute Gasteiger partial charge is 0.407 e. The summed E-state index contributed by atoms with van der Waals surface area (Å²) < 4.78 is 33.2. The molecular weight excluding hydrogens is 958 g/mol. The van der Waals surface area contributed by atoms with Gasteiger partial charge < -0.3 is 44.5 Å². The molecule has 2 aromatic carbocycles. The lowest BCUT2D eigenvalue weighted by Crippen LogP contribution is -2.43. The first kappa shape index (κ1) is 56.4. The number of alkyl carbamates (subject to hydrolysis) is 1. The number of nitrogens with one attached hydrogen (secondary N) is 2. The molecule has 19 nitrogen and oxygen atoms in total. The lowest BCUT2D eigenvalue weighted by molar-refractivity contribution is -0.164. The molecule has 0 fully saturated rings. The lowest BCUT2D eigenvalue weighted by Gasteiger charge is -2.22. The number of hydrogen-bond acceptors (Lipinski definition) is 17. The number of pyridine rings is 1. The van der Waals surface area contributed by atoms with Crippen molar-refractivity contribution in [2.24, 2.45) is 5.92 Å². The number of thioether (sulfide) groups is 1. The minimum Gasteiger partial charge on any atom is -0.490 e. The van der Waals surface area contributed by atoms with Crippen LogP contribution < -0.4 is 21.1 Å². The number of ketones is 1. The maximum Gasteiger partial charge on any atom is 0.407 e. The van der Waals surface area contributed by atoms with Gasteiger partial charge in [-0.25, -0.2) is 24.4 Å². The fraction of sp³-hybridized carbons (Fsp3) is 0.440. The lowest BCUT2D eigenvalue weighted by atomic mass is 10.00. The van der Waals surface area contributed by atoms with E-state index >= 15 is 0 Å². The number of oxazole rings is 1. The molecule has 0 aliphatic rings. The summed E-state index contributed by atoms with van der Waals surface area (Å²) in [7, 11) is 0. The SMILES string of the molecule is [C-]#[N+]c1c(N)nc(SCc2coc(-c3ccc(Cl)cc3)n2)c(C#N)c1-c1ccc(OC[C@@H](COC(=O)[C@H](C)CC(=O)CCCC(=O)OC(C)(C)C)OC(=O)[C@H](C)NC(=O)CCNC(=O)OC(C)(C)C)cc1. The molecule has 0 saturated heterocycles. The Morgan fingerprint density at radius 1 is 0.901 bits per heavy atom. The fourth-order valence-corrected chi connectivity index (χ4v) is 7.33. The van der Waals surface area contributed by atoms with Gasteiger partial charge in [-0.05, 0) is 96.8 Å². The van der Waals surface area contributed by atoms with Crippen LogP contribution in [0.3, 0.4) is 0 Å². The largest absolute Gasteiger partial charge is 0.490 e. The zero-order valence-corrected chi connectivity index (χ0v) is 42.4. The number of aromatic nitrogens is 2. The molecule has 378 valence electrons. The van der Waals surface area contributed by atoms with E-state index in [0.29, 0.717) is 22.2 Å². The molecule has 0 radical (unpaired) electrons. The molecule has 4 N–H and O–H groups in total. The molecule has 0 aliphatic carbocycles. The number of rotatable bonds is 23. The van der Waals surface area contributed by atoms with E-state index in [9.17, 15) is 34.0 Å². The molecule has 2 aromatic heterocycles. The van der Waals surface area contributed by atoms with Gasteiger partial charge in [-0.2, -0.15) is 5.26 Å². The number of nitrogens with zero attached hydrogens (tertiary/aromatic N) is 4. The monoisotopic (exact) mass is 1020 g/mol. The summed E-state index contributed by atoms with van der Waals surface area (Å²) in [5.41, 5.74) is 6.94. The molecule has 0 aliphatic heterocycles. The quantitative estimate of drug-likeness (QED) is 0.0271. The molecule has 0 spiro atoms. The van der Waals surface area contributed by atoms with Gasteiger partial charge in [0.05, 0.1) is 23.7 Å². The number of esters is 3. The average molecular weight is 1020 g/mol. The van der Waals surface area contributed by atoms with Crippen molar-refractivity contribution in [3.05, 3.63) is 82.5 Å². The van der Waals surface area contributed by atoms with Gasteiger partial charge in [-0.15, -0.1) is 0 Å². The van der Waals surface area contributed by atoms with E-state index < -0.39 is 65.8 Å². The van der Waals surface area contributed by atoms with Crippen LogP contribution in [0, 0.1) is 23.8 Å². The molecule has 71 heavy (non-hydrogen) atoms. The highest BCUT2D eigenvalue weighted by Crippen LogP contribution is 2.42. The average Bonchev–Trinajstić information content (AvgIpc) is 3.77. The highest BCUT2D eigenvalue weighted by Gasteiger charge is 2.27. The van der Waals surface area contributed by atoms with Crippen LogP contribution in [0.1, 0.15) is 98.8 Å². The van der Waals surface area contributed by atoms with E-state index in [1.807, 2.05) is 0 Å². The third kappa shape index (κ3) is 18.9. The third-order valence-electron chi connectivity index (χ3n) is 9.61. The van der Waals surface area contributed by atoms with Gasteiger partial charge in [-0.1, -0.05) is 42.4 Å². The van der Waals surface area contributed by atoms with Crippen molar-refractivity contribution < 1.29 is 56.9 Å². The Bertz CT molecular complexity index is 2610. The van der Waals surface area contributed by atoms with Gasteiger partial charge in [0.15, 0.2) is 6.10 Å². The second-order valence-corrected chi connectivity index (χ2v) is 19.5. The number of benzene rings is 2. The van der Waals surface area contributed by atoms with Crippen molar-refractivity contribution in [1.29, 1.82) is 5.26 Å². The second-order valence-electron chi connectivity index (χ2n) is 18.1. The fourth-order valence-electron chi connectivity index (χ4n) is 6.34. The summed E-state index contributed by atoms with van der Waals surface area (Å²) in [6.07, 6.45) is -0.438. The molecular formula is C50H58ClN7O12S. The summed E-state index contributed by atoms with van der Waals surface area (Å²) in [4.78, 5) is 88.2. The summed E-state index contributed by atoms with van der Waals surface area (Å²) >= 11 is 7.20. The van der Waals surface area contributed by atoms with Crippen LogP contribution in [0.15, 0.2) is 64.2 Å². The number of ether oxygens (including phenoxy) is 5. The van der Waals surface area contributed by atoms with E-state index in [-0.39, 0.29) is 90.2 Å². The molecule has 21 heteroatoms. The Morgan fingerprint density at radius 3 is 2.20 bits per heavy atom. The Hall–Kier alpha value is -7.16. The predicted molar refractivity (Wildman–Crippen MR) is 263 cm³/mol. The Kier molecular flexibility index (Phi) is 20.8. The maximum atomic E-state index is 13.3. The molecule has 4 aromatic rings. The number of nitrogen functional groups attached to an aromatic ring is 1. The van der Waals surface area contributed by atoms with Crippen LogP contribution in [-0.2, 0) is 48.7 Å². The number of carbonyl (C=O) groups is 6. The zero-order chi connectivity index (χ0) is 52.5. The number of nitriles is 1. The zero-order valence-electron chi connectivity index (χ0n) is 40.8. The van der Waals surface area contributed by atoms with Crippen molar-refractivity contribution >= 4 is 70.6 Å². The van der Waals surface area contributed by atoms with Gasteiger partial charge in [0.2, 0.25) is 17.5 Å². The second kappa shape index (κ2) is 26.2. The minimum atomic E-state index is -1.22. The maximum absolute atomic E-state index is 13.3. The molecule has 2 amide bonds. The van der Waals surface area contributed by atoms with Crippen LogP contribution >= 0.6 is 23.4 Å². The predicted octanol–water partition coefficient (Wildman–Crippen LogP) is 8.71. The number of amides is 2. The van der Waals surface area contributed by atoms with Crippen LogP contribution in [0.2, 0.25) is 5.02 Å². The standard InChI is InChI=1S/C50H58ClN7O12S/c1-29(23-35(59)11-10-12-40(61)69-49(3,4)5)46(62)67-27-37(68-47(63)30(2)56-39(60)21-22-55-48(64)70-50(6,7)8)26-65-36-19-15-31(16-20-36)41-38(24-52)45(58-43(53)42(41)54-9)71-28-34-25-66-44(57-34)32-13-17-33(51)18-14-32/h13-20,25,29-30,37H,10-12,21-23,26-28H2,1-8H3,(H2,53,58)(H,55,64)(H,56,60)/t29-,30+,37+/m1/s1. The van der Waals surface area contributed by atoms with Gasteiger partial charge >= 0.3 is 24.0 Å². The first-order valence-electron chi connectivity index (χ1n) is 22.5. The van der Waals surface area contributed by atoms with Crippen molar-refractivity contribution in [2.45, 2.75) is 122 Å². The molecule has 2 heterocycles. The van der Waals surface area contributed by atoms with Crippen molar-refractivity contribution in [3.63, 3.8) is 0 Å². The minimum absolute atomic E-state index is 0.0305. The topological polar surface area (TPSA) is 266 Å². The van der Waals surface area contributed by atoms with Crippen molar-refractivity contribution in [2.75, 3.05) is 25.5 Å². The Morgan fingerprint density at radius 2 is 1.56 bits per heavy atom. The number of Topliss-reactive ketones (excluding diaryl/α,β-unsaturated/α-hetero) is 1. The van der Waals surface area contributed by atoms with Crippen LogP contribution in [0.5, 0.6) is 5.75 Å². The number of carbonyl (C=O) groups excluding carboxylic acids is 6. The highest BCUT2D eigenvalue weighted by atomic mass is 35.5. The normalized spacial score (nSPS) is 12.5. The number of nitrogens with two attached hydrogens (primary N) is 1. The van der Waals surface area contributed by atoms with E-state index in [0.717, 1.165) is 5.56 Å². The Labute approximate surface area is 421 Å². The molecule has 3 atom stereocenters. The third-order valence-corrected chi connectivity index (χ3v) is 10.9. The number of anilines is 1. The van der Waals surface area contributed by atoms with Crippen LogP contribution in [-0.4, -0.2) is 88.8 Å². The van der Waals surface area contributed by atoms with Crippen molar-refractivity contribution in [1.82, 2.24) is 20.6 Å². The van der Waals surface area contributed by atoms with E-state index in [4.69, 9.17) is 52.0 Å².